The largest absolute Gasteiger partial charge is 0.480 e. The molecule has 1 aliphatic carbocycles. The van der Waals surface area contributed by atoms with Crippen LogP contribution in [0, 0.1) is 0 Å². The smallest absolute Gasteiger partial charge is 0.326 e. The van der Waals surface area contributed by atoms with E-state index in [1.807, 2.05) is 30.5 Å². The predicted octanol–water partition coefficient (Wildman–Crippen LogP) is 6.13. The number of amides is 1. The number of allylic oxidation sites excluding steroid dienone is 6. The molecule has 3 atom stereocenters. The van der Waals surface area contributed by atoms with E-state index in [-0.39, 0.29) is 5.91 Å². The van der Waals surface area contributed by atoms with Crippen LogP contribution in [0.1, 0.15) is 59.7 Å². The summed E-state index contributed by atoms with van der Waals surface area (Å²) in [6.07, 6.45) is 14.4. The number of thioether (sulfide) groups is 1. The van der Waals surface area contributed by atoms with Gasteiger partial charge >= 0.3 is 5.97 Å². The van der Waals surface area contributed by atoms with Gasteiger partial charge in [0.25, 0.3) is 5.91 Å². The van der Waals surface area contributed by atoms with Crippen molar-refractivity contribution in [2.45, 2.75) is 63.7 Å². The van der Waals surface area contributed by atoms with Gasteiger partial charge in [-0.05, 0) is 85.4 Å². The molecule has 6 nitrogen and oxygen atoms in total. The number of carboxylic acid groups (broad SMARTS) is 1. The first-order chi connectivity index (χ1) is 19.9. The molecular formula is C34H42N2O4S. The van der Waals surface area contributed by atoms with E-state index in [0.29, 0.717) is 36.4 Å². The number of rotatable bonds is 13. The fourth-order valence-corrected chi connectivity index (χ4v) is 6.31. The molecule has 2 aliphatic rings. The summed E-state index contributed by atoms with van der Waals surface area (Å²) in [5.74, 6) is -0.703. The normalized spacial score (nSPS) is 19.8. The lowest BCUT2D eigenvalue weighted by Crippen LogP contribution is -2.41. The summed E-state index contributed by atoms with van der Waals surface area (Å²) in [4.78, 5) is 28.0. The molecule has 1 fully saturated rings. The van der Waals surface area contributed by atoms with Gasteiger partial charge in [0.05, 0.1) is 6.61 Å². The van der Waals surface area contributed by atoms with Gasteiger partial charge < -0.3 is 15.2 Å². The Bertz CT molecular complexity index is 1290. The summed E-state index contributed by atoms with van der Waals surface area (Å²) in [5, 5.41) is 12.5. The van der Waals surface area contributed by atoms with E-state index < -0.39 is 12.0 Å². The number of benzene rings is 2. The number of carboxylic acids is 1. The lowest BCUT2D eigenvalue weighted by Gasteiger charge is -2.30. The van der Waals surface area contributed by atoms with Crippen LogP contribution in [0.5, 0.6) is 0 Å². The molecule has 41 heavy (non-hydrogen) atoms. The van der Waals surface area contributed by atoms with E-state index in [2.05, 4.69) is 65.7 Å². The monoisotopic (exact) mass is 574 g/mol. The Morgan fingerprint density at radius 3 is 2.56 bits per heavy atom. The highest BCUT2D eigenvalue weighted by molar-refractivity contribution is 7.98. The molecule has 2 aromatic rings. The van der Waals surface area contributed by atoms with E-state index in [0.717, 1.165) is 48.9 Å². The number of likely N-dealkylation sites (tertiary alicyclic amines) is 1. The average molecular weight is 575 g/mol. The summed E-state index contributed by atoms with van der Waals surface area (Å²) in [6, 6.07) is 16.5. The second-order valence-corrected chi connectivity index (χ2v) is 12.0. The van der Waals surface area contributed by atoms with Gasteiger partial charge in [-0.15, -0.1) is 0 Å². The highest BCUT2D eigenvalue weighted by Gasteiger charge is 2.33. The van der Waals surface area contributed by atoms with Crippen molar-refractivity contribution in [3.8, 4) is 0 Å². The van der Waals surface area contributed by atoms with Crippen molar-refractivity contribution in [1.29, 1.82) is 0 Å². The lowest BCUT2D eigenvalue weighted by atomic mass is 9.92. The molecule has 1 heterocycles. The Morgan fingerprint density at radius 1 is 1.07 bits per heavy atom. The summed E-state index contributed by atoms with van der Waals surface area (Å²) >= 11 is 1.57. The molecule has 0 radical (unpaired) electrons. The average Bonchev–Trinajstić information content (AvgIpc) is 3.18. The molecule has 2 N–H and O–H groups in total. The van der Waals surface area contributed by atoms with Crippen LogP contribution in [-0.2, 0) is 22.5 Å². The van der Waals surface area contributed by atoms with E-state index in [1.165, 1.54) is 11.1 Å². The van der Waals surface area contributed by atoms with Gasteiger partial charge in [-0.1, -0.05) is 66.3 Å². The molecule has 0 bridgehead atoms. The van der Waals surface area contributed by atoms with Crippen molar-refractivity contribution in [2.75, 3.05) is 25.7 Å². The van der Waals surface area contributed by atoms with Crippen LogP contribution in [0.3, 0.4) is 0 Å². The molecule has 2 aromatic carbocycles. The van der Waals surface area contributed by atoms with Gasteiger partial charge in [0, 0.05) is 31.3 Å². The van der Waals surface area contributed by atoms with E-state index in [4.69, 9.17) is 4.74 Å². The second-order valence-electron chi connectivity index (χ2n) is 11.0. The summed E-state index contributed by atoms with van der Waals surface area (Å²) in [6.45, 7) is 3.53. The van der Waals surface area contributed by atoms with Crippen molar-refractivity contribution >= 4 is 29.2 Å². The number of carbonyl (C=O) groups excluding carboxylic acids is 1. The Kier molecular flexibility index (Phi) is 11.4. The van der Waals surface area contributed by atoms with Crippen molar-refractivity contribution in [2.24, 2.45) is 0 Å². The van der Waals surface area contributed by atoms with Crippen molar-refractivity contribution < 1.29 is 19.4 Å². The first kappa shape index (κ1) is 30.8. The Labute approximate surface area is 248 Å². The Hall–Kier alpha value is -3.13. The molecule has 1 saturated heterocycles. The Morgan fingerprint density at radius 2 is 1.83 bits per heavy atom. The quantitative estimate of drug-likeness (QED) is 0.300. The summed E-state index contributed by atoms with van der Waals surface area (Å²) in [5.41, 5.74) is 6.08. The topological polar surface area (TPSA) is 78.9 Å². The van der Waals surface area contributed by atoms with Crippen LogP contribution >= 0.6 is 11.8 Å². The van der Waals surface area contributed by atoms with Crippen molar-refractivity contribution in [3.63, 3.8) is 0 Å². The lowest BCUT2D eigenvalue weighted by molar-refractivity contribution is -0.139. The van der Waals surface area contributed by atoms with Gasteiger partial charge in [-0.25, -0.2) is 4.79 Å². The zero-order valence-electron chi connectivity index (χ0n) is 24.3. The predicted molar refractivity (Wildman–Crippen MR) is 168 cm³/mol. The molecule has 0 spiro atoms. The maximum atomic E-state index is 13.5. The Balaban J connectivity index is 1.65. The van der Waals surface area contributed by atoms with Crippen LogP contribution in [0.25, 0.3) is 5.57 Å². The summed E-state index contributed by atoms with van der Waals surface area (Å²) in [7, 11) is 1.76. The zero-order chi connectivity index (χ0) is 29.2. The van der Waals surface area contributed by atoms with Crippen LogP contribution in [0.15, 0.2) is 78.4 Å². The van der Waals surface area contributed by atoms with Gasteiger partial charge in [-0.2, -0.15) is 11.8 Å². The number of nitrogens with zero attached hydrogens (tertiary/aromatic N) is 1. The van der Waals surface area contributed by atoms with Crippen LogP contribution < -0.4 is 5.32 Å². The van der Waals surface area contributed by atoms with E-state index in [1.54, 1.807) is 18.9 Å². The fraction of sp³-hybridized carbons (Fsp3) is 0.412. The van der Waals surface area contributed by atoms with Crippen LogP contribution in [0.2, 0.25) is 0 Å². The van der Waals surface area contributed by atoms with Crippen molar-refractivity contribution in [3.05, 3.63) is 101 Å². The first-order valence-electron chi connectivity index (χ1n) is 14.4. The highest BCUT2D eigenvalue weighted by atomic mass is 32.2. The fourth-order valence-electron chi connectivity index (χ4n) is 5.84. The third kappa shape index (κ3) is 8.44. The van der Waals surface area contributed by atoms with Gasteiger partial charge in [0.2, 0.25) is 0 Å². The molecule has 1 aliphatic heterocycles. The minimum absolute atomic E-state index is 0.332. The number of aliphatic carboxylic acids is 1. The minimum atomic E-state index is -1.01. The number of hydrogen-bond acceptors (Lipinski definition) is 5. The maximum Gasteiger partial charge on any atom is 0.326 e. The van der Waals surface area contributed by atoms with Crippen LogP contribution in [-0.4, -0.2) is 65.7 Å². The standard InChI is InChI=1S/C34H42N2O4S/c1-24-9-7-8-12-27(19-24)31-21-26(13-16-30(31)33(37)35-32(34(38)39)17-18-41-3)22-36-28(14-15-29(36)23-40-2)20-25-10-5-4-6-11-25/h4-13,16,21,28-29,32H,14-15,17-20,22-23H2,1-3H3,(H,35,37)(H,38,39). The van der Waals surface area contributed by atoms with Crippen LogP contribution in [0.4, 0.5) is 0 Å². The molecule has 7 heteroatoms. The third-order valence-corrected chi connectivity index (χ3v) is 8.60. The van der Waals surface area contributed by atoms with Gasteiger partial charge in [-0.3, -0.25) is 9.69 Å². The molecule has 0 saturated carbocycles. The molecule has 218 valence electrons. The van der Waals surface area contributed by atoms with Gasteiger partial charge in [0.1, 0.15) is 6.04 Å². The second kappa shape index (κ2) is 15.2. The molecule has 3 unspecified atom stereocenters. The third-order valence-electron chi connectivity index (χ3n) is 7.96. The molecule has 0 aromatic heterocycles. The first-order valence-corrected chi connectivity index (χ1v) is 15.8. The van der Waals surface area contributed by atoms with Gasteiger partial charge in [0.15, 0.2) is 0 Å². The number of nitrogens with one attached hydrogen (secondary N) is 1. The molecule has 1 amide bonds. The SMILES string of the molecule is COCC1CCC(Cc2ccccc2)N1Cc1ccc(C(=O)NC(CCSC)C(=O)O)c(C2=CC=CC=C(C)C2)c1. The summed E-state index contributed by atoms with van der Waals surface area (Å²) < 4.78 is 5.60. The maximum absolute atomic E-state index is 13.5. The minimum Gasteiger partial charge on any atom is -0.480 e. The molecular weight excluding hydrogens is 532 g/mol. The number of carbonyl (C=O) groups is 2. The zero-order valence-corrected chi connectivity index (χ0v) is 25.2. The number of ether oxygens (including phenoxy) is 1. The highest BCUT2D eigenvalue weighted by Crippen LogP contribution is 2.32. The van der Waals surface area contributed by atoms with E-state index >= 15 is 0 Å². The number of hydrogen-bond donors (Lipinski definition) is 2. The van der Waals surface area contributed by atoms with Crippen molar-refractivity contribution in [1.82, 2.24) is 10.2 Å². The van der Waals surface area contributed by atoms with E-state index in [9.17, 15) is 14.7 Å². The number of methoxy groups -OCH3 is 1. The molecule has 4 rings (SSSR count).